The van der Waals surface area contributed by atoms with Crippen LogP contribution in [0, 0.1) is 0 Å². The number of carbonyl (C=O) groups excluding carboxylic acids is 2. The molecule has 0 aromatic heterocycles. The number of ether oxygens (including phenoxy) is 2. The average Bonchev–Trinajstić information content (AvgIpc) is 2.91. The summed E-state index contributed by atoms with van der Waals surface area (Å²) in [6.45, 7) is 3.98. The molecule has 124 valence electrons. The van der Waals surface area contributed by atoms with E-state index >= 15 is 0 Å². The van der Waals surface area contributed by atoms with Crippen molar-refractivity contribution in [3.8, 4) is 0 Å². The van der Waals surface area contributed by atoms with Gasteiger partial charge in [0.05, 0.1) is 18.1 Å². The van der Waals surface area contributed by atoms with Crippen LogP contribution in [-0.2, 0) is 19.1 Å². The third-order valence-corrected chi connectivity index (χ3v) is 4.04. The number of hydrogen-bond acceptors (Lipinski definition) is 5. The largest absolute Gasteiger partial charge is 0.466 e. The molecular weight excluding hydrogens is 306 g/mol. The zero-order valence-electron chi connectivity index (χ0n) is 13.7. The van der Waals surface area contributed by atoms with Gasteiger partial charge in [0.2, 0.25) is 5.88 Å². The number of cyclic esters (lactones) is 1. The fraction of sp³-hybridized carbons (Fsp3) is 0.263. The predicted octanol–water partition coefficient (Wildman–Crippen LogP) is 3.42. The molecule has 0 fully saturated rings. The summed E-state index contributed by atoms with van der Waals surface area (Å²) in [4.78, 5) is 23.6. The van der Waals surface area contributed by atoms with Crippen LogP contribution in [0.2, 0.25) is 0 Å². The maximum absolute atomic E-state index is 11.8. The number of rotatable bonds is 5. The number of hydrogen-bond donors (Lipinski definition) is 1. The number of allylic oxidation sites excluding steroid dienone is 3. The van der Waals surface area contributed by atoms with Crippen LogP contribution >= 0.6 is 0 Å². The second-order valence-electron chi connectivity index (χ2n) is 5.63. The van der Waals surface area contributed by atoms with Crippen molar-refractivity contribution in [2.45, 2.75) is 26.2 Å². The minimum absolute atomic E-state index is 0.239. The monoisotopic (exact) mass is 325 g/mol. The fourth-order valence-corrected chi connectivity index (χ4v) is 2.67. The number of nitrogens with one attached hydrogen (secondary N) is 1. The lowest BCUT2D eigenvalue weighted by Gasteiger charge is -2.12. The van der Waals surface area contributed by atoms with E-state index in [0.717, 1.165) is 16.8 Å². The molecule has 0 saturated carbocycles. The molecule has 0 bridgehead atoms. The summed E-state index contributed by atoms with van der Waals surface area (Å²) in [6, 6.07) is 7.44. The normalized spacial score (nSPS) is 17.1. The van der Waals surface area contributed by atoms with E-state index in [0.29, 0.717) is 24.5 Å². The molecule has 1 heterocycles. The summed E-state index contributed by atoms with van der Waals surface area (Å²) in [5, 5.41) is 3.14. The van der Waals surface area contributed by atoms with E-state index < -0.39 is 0 Å². The van der Waals surface area contributed by atoms with E-state index in [2.05, 4.69) is 5.32 Å². The Kier molecular flexibility index (Phi) is 4.51. The molecule has 1 atom stereocenters. The van der Waals surface area contributed by atoms with Crippen LogP contribution in [-0.4, -0.2) is 18.5 Å². The summed E-state index contributed by atoms with van der Waals surface area (Å²) >= 11 is 0. The van der Waals surface area contributed by atoms with Crippen molar-refractivity contribution in [1.29, 1.82) is 0 Å². The number of anilines is 1. The van der Waals surface area contributed by atoms with Crippen molar-refractivity contribution in [1.82, 2.24) is 0 Å². The molecule has 1 unspecified atom stereocenters. The summed E-state index contributed by atoms with van der Waals surface area (Å²) in [7, 11) is 0. The van der Waals surface area contributed by atoms with Gasteiger partial charge in [0.15, 0.2) is 0 Å². The zero-order chi connectivity index (χ0) is 17.1. The number of fused-ring (bicyclic) bond motifs is 1. The maximum Gasteiger partial charge on any atom is 0.345 e. The molecule has 5 nitrogen and oxygen atoms in total. The third-order valence-electron chi connectivity index (χ3n) is 4.04. The number of carbonyl (C=O) groups is 2. The summed E-state index contributed by atoms with van der Waals surface area (Å²) in [6.07, 6.45) is 6.26. The minimum Gasteiger partial charge on any atom is -0.466 e. The van der Waals surface area contributed by atoms with Crippen LogP contribution in [0.3, 0.4) is 0 Å². The first-order valence-corrected chi connectivity index (χ1v) is 7.96. The van der Waals surface area contributed by atoms with Gasteiger partial charge >= 0.3 is 11.9 Å². The Morgan fingerprint density at radius 3 is 2.79 bits per heavy atom. The molecule has 0 spiro atoms. The standard InChI is InChI=1S/C19H19NO4/c1-3-23-18(21)12(2)13-8-10-14(11-9-13)20-17-15-6-4-5-7-16(15)19(22)24-17/h4-5,7-12,20H,3,6H2,1-2H3. The summed E-state index contributed by atoms with van der Waals surface area (Å²) in [5.41, 5.74) is 3.14. The Hall–Kier alpha value is -2.82. The Morgan fingerprint density at radius 1 is 1.33 bits per heavy atom. The van der Waals surface area contributed by atoms with Crippen molar-refractivity contribution >= 4 is 17.6 Å². The van der Waals surface area contributed by atoms with Crippen molar-refractivity contribution in [3.63, 3.8) is 0 Å². The first kappa shape index (κ1) is 16.1. The van der Waals surface area contributed by atoms with Crippen LogP contribution in [0.25, 0.3) is 0 Å². The molecule has 0 saturated heterocycles. The number of benzene rings is 1. The van der Waals surface area contributed by atoms with Crippen molar-refractivity contribution < 1.29 is 19.1 Å². The molecule has 5 heteroatoms. The highest BCUT2D eigenvalue weighted by Crippen LogP contribution is 2.32. The number of esters is 2. The van der Waals surface area contributed by atoms with Gasteiger partial charge in [0, 0.05) is 11.3 Å². The van der Waals surface area contributed by atoms with E-state index in [1.54, 1.807) is 13.0 Å². The van der Waals surface area contributed by atoms with E-state index in [4.69, 9.17) is 9.47 Å². The van der Waals surface area contributed by atoms with Gasteiger partial charge in [-0.05, 0) is 44.0 Å². The zero-order valence-corrected chi connectivity index (χ0v) is 13.7. The lowest BCUT2D eigenvalue weighted by atomic mass is 10.00. The molecule has 1 aromatic carbocycles. The fourth-order valence-electron chi connectivity index (χ4n) is 2.67. The summed E-state index contributed by atoms with van der Waals surface area (Å²) in [5.74, 6) is -0.411. The predicted molar refractivity (Wildman–Crippen MR) is 90.1 cm³/mol. The Morgan fingerprint density at radius 2 is 2.08 bits per heavy atom. The molecule has 24 heavy (non-hydrogen) atoms. The van der Waals surface area contributed by atoms with Gasteiger partial charge in [-0.25, -0.2) is 4.79 Å². The quantitative estimate of drug-likeness (QED) is 0.840. The van der Waals surface area contributed by atoms with Gasteiger partial charge in [0.25, 0.3) is 0 Å². The Balaban J connectivity index is 1.73. The van der Waals surface area contributed by atoms with Crippen LogP contribution in [0.1, 0.15) is 31.7 Å². The van der Waals surface area contributed by atoms with Crippen molar-refractivity contribution in [2.75, 3.05) is 11.9 Å². The van der Waals surface area contributed by atoms with Crippen LogP contribution in [0.15, 0.2) is 59.5 Å². The lowest BCUT2D eigenvalue weighted by molar-refractivity contribution is -0.144. The van der Waals surface area contributed by atoms with Gasteiger partial charge in [-0.15, -0.1) is 0 Å². The van der Waals surface area contributed by atoms with E-state index in [9.17, 15) is 9.59 Å². The molecular formula is C19H19NO4. The molecule has 1 aliphatic carbocycles. The first-order chi connectivity index (χ1) is 11.6. The van der Waals surface area contributed by atoms with Crippen LogP contribution in [0.4, 0.5) is 5.69 Å². The van der Waals surface area contributed by atoms with Gasteiger partial charge in [-0.3, -0.25) is 4.79 Å². The van der Waals surface area contributed by atoms with E-state index in [1.807, 2.05) is 43.3 Å². The molecule has 0 amide bonds. The molecule has 1 aliphatic heterocycles. The van der Waals surface area contributed by atoms with Gasteiger partial charge in [0.1, 0.15) is 0 Å². The topological polar surface area (TPSA) is 64.6 Å². The molecule has 2 aliphatic rings. The van der Waals surface area contributed by atoms with E-state index in [-0.39, 0.29) is 17.9 Å². The molecule has 1 aromatic rings. The average molecular weight is 325 g/mol. The van der Waals surface area contributed by atoms with Gasteiger partial charge < -0.3 is 14.8 Å². The van der Waals surface area contributed by atoms with Crippen LogP contribution < -0.4 is 5.32 Å². The molecule has 1 N–H and O–H groups in total. The first-order valence-electron chi connectivity index (χ1n) is 7.96. The van der Waals surface area contributed by atoms with E-state index in [1.165, 1.54) is 0 Å². The summed E-state index contributed by atoms with van der Waals surface area (Å²) < 4.78 is 10.3. The van der Waals surface area contributed by atoms with Crippen molar-refractivity contribution in [3.05, 3.63) is 65.1 Å². The third kappa shape index (κ3) is 3.11. The highest BCUT2D eigenvalue weighted by molar-refractivity contribution is 5.98. The molecule has 0 radical (unpaired) electrons. The highest BCUT2D eigenvalue weighted by atomic mass is 16.6. The second-order valence-corrected chi connectivity index (χ2v) is 5.63. The van der Waals surface area contributed by atoms with Gasteiger partial charge in [-0.1, -0.05) is 24.3 Å². The Labute approximate surface area is 140 Å². The SMILES string of the molecule is CCOC(=O)C(C)c1ccc(NC2=C3CC=CC=C3C(=O)O2)cc1. The Bertz CT molecular complexity index is 756. The highest BCUT2D eigenvalue weighted by Gasteiger charge is 2.30. The lowest BCUT2D eigenvalue weighted by Crippen LogP contribution is -2.13. The van der Waals surface area contributed by atoms with Crippen molar-refractivity contribution in [2.24, 2.45) is 0 Å². The molecule has 3 rings (SSSR count). The maximum atomic E-state index is 11.8. The minimum atomic E-state index is -0.329. The van der Waals surface area contributed by atoms with Gasteiger partial charge in [-0.2, -0.15) is 0 Å². The smallest absolute Gasteiger partial charge is 0.345 e. The van der Waals surface area contributed by atoms with Crippen LogP contribution in [0.5, 0.6) is 0 Å². The second kappa shape index (κ2) is 6.74.